The van der Waals surface area contributed by atoms with E-state index in [1.54, 1.807) is 14.0 Å². The minimum atomic E-state index is -0.395. The van der Waals surface area contributed by atoms with Gasteiger partial charge in [-0.25, -0.2) is 0 Å². The van der Waals surface area contributed by atoms with Crippen LogP contribution in [-0.2, 0) is 4.74 Å². The first-order valence-electron chi connectivity index (χ1n) is 7.93. The summed E-state index contributed by atoms with van der Waals surface area (Å²) in [6, 6.07) is 15.5. The number of fused-ring (bicyclic) bond motifs is 1. The van der Waals surface area contributed by atoms with Crippen LogP contribution >= 0.6 is 0 Å². The number of nitriles is 1. The Balaban J connectivity index is 2.32. The molecule has 3 rings (SSSR count). The molecular formula is C20H18N2O3. The zero-order chi connectivity index (χ0) is 17.8. The van der Waals surface area contributed by atoms with Crippen LogP contribution in [0.15, 0.2) is 47.3 Å². The fourth-order valence-corrected chi connectivity index (χ4v) is 2.88. The number of nitrogens with zero attached hydrogens (tertiary/aromatic N) is 1. The molecule has 0 saturated heterocycles. The molecule has 0 aliphatic rings. The highest BCUT2D eigenvalue weighted by atomic mass is 16.5. The highest BCUT2D eigenvalue weighted by Crippen LogP contribution is 2.38. The molecule has 0 aliphatic heterocycles. The number of aromatic nitrogens is 1. The summed E-state index contributed by atoms with van der Waals surface area (Å²) in [6.45, 7) is 2.63. The fraction of sp³-hybridized carbons (Fsp3) is 0.200. The molecule has 1 N–H and O–H groups in total. The van der Waals surface area contributed by atoms with Crippen molar-refractivity contribution in [2.24, 2.45) is 0 Å². The molecular weight excluding hydrogens is 316 g/mol. The largest absolute Gasteiger partial charge is 0.491 e. The van der Waals surface area contributed by atoms with Gasteiger partial charge in [-0.05, 0) is 29.8 Å². The summed E-state index contributed by atoms with van der Waals surface area (Å²) in [7, 11) is 1.61. The lowest BCUT2D eigenvalue weighted by Crippen LogP contribution is -2.13. The Morgan fingerprint density at radius 2 is 1.96 bits per heavy atom. The zero-order valence-corrected chi connectivity index (χ0v) is 14.1. The van der Waals surface area contributed by atoms with E-state index in [-0.39, 0.29) is 5.56 Å². The molecule has 0 radical (unpaired) electrons. The van der Waals surface area contributed by atoms with Crippen molar-refractivity contribution in [3.8, 4) is 22.9 Å². The van der Waals surface area contributed by atoms with Gasteiger partial charge in [-0.1, -0.05) is 30.3 Å². The molecule has 0 unspecified atom stereocenters. The Labute approximate surface area is 145 Å². The lowest BCUT2D eigenvalue weighted by molar-refractivity contribution is 0.146. The smallest absolute Gasteiger partial charge is 0.266 e. The number of ether oxygens (including phenoxy) is 2. The molecule has 0 fully saturated rings. The second-order valence-corrected chi connectivity index (χ2v) is 5.68. The number of pyridine rings is 1. The molecule has 0 spiro atoms. The van der Waals surface area contributed by atoms with Crippen LogP contribution in [0.2, 0.25) is 0 Å². The molecule has 0 saturated carbocycles. The first-order chi connectivity index (χ1) is 12.2. The first kappa shape index (κ1) is 16.7. The Morgan fingerprint density at radius 1 is 1.16 bits per heavy atom. The second kappa shape index (κ2) is 7.20. The highest BCUT2D eigenvalue weighted by Gasteiger charge is 2.17. The number of hydrogen-bond donors (Lipinski definition) is 1. The van der Waals surface area contributed by atoms with Crippen molar-refractivity contribution >= 4 is 10.8 Å². The van der Waals surface area contributed by atoms with E-state index >= 15 is 0 Å². The predicted molar refractivity (Wildman–Crippen MR) is 96.8 cm³/mol. The topological polar surface area (TPSA) is 75.1 Å². The van der Waals surface area contributed by atoms with Crippen molar-refractivity contribution in [1.82, 2.24) is 4.98 Å². The SMILES string of the molecule is COCCOc1ccc2ccccc2c1-c1cc(C)[nH]c(=O)c1C#N. The van der Waals surface area contributed by atoms with Crippen molar-refractivity contribution < 1.29 is 9.47 Å². The molecule has 3 aromatic rings. The number of rotatable bonds is 5. The molecule has 0 atom stereocenters. The van der Waals surface area contributed by atoms with Gasteiger partial charge in [0.2, 0.25) is 0 Å². The number of benzene rings is 2. The average Bonchev–Trinajstić information content (AvgIpc) is 2.61. The number of aromatic amines is 1. The Hall–Kier alpha value is -3.10. The van der Waals surface area contributed by atoms with Gasteiger partial charge >= 0.3 is 0 Å². The summed E-state index contributed by atoms with van der Waals surface area (Å²) < 4.78 is 10.9. The van der Waals surface area contributed by atoms with E-state index in [1.807, 2.05) is 48.5 Å². The van der Waals surface area contributed by atoms with Gasteiger partial charge in [0.25, 0.3) is 5.56 Å². The minimum Gasteiger partial charge on any atom is -0.491 e. The third-order valence-corrected chi connectivity index (χ3v) is 3.98. The van der Waals surface area contributed by atoms with Crippen molar-refractivity contribution in [2.75, 3.05) is 20.3 Å². The Kier molecular flexibility index (Phi) is 4.82. The molecule has 0 bridgehead atoms. The van der Waals surface area contributed by atoms with Gasteiger partial charge in [-0.3, -0.25) is 4.79 Å². The van der Waals surface area contributed by atoms with Gasteiger partial charge in [-0.15, -0.1) is 0 Å². The number of H-pyrrole nitrogens is 1. The van der Waals surface area contributed by atoms with Crippen molar-refractivity contribution in [3.63, 3.8) is 0 Å². The predicted octanol–water partition coefficient (Wildman–Crippen LogP) is 3.40. The van der Waals surface area contributed by atoms with Gasteiger partial charge in [0, 0.05) is 23.9 Å². The summed E-state index contributed by atoms with van der Waals surface area (Å²) in [5.41, 5.74) is 1.70. The summed E-state index contributed by atoms with van der Waals surface area (Å²) in [5.74, 6) is 0.622. The average molecular weight is 334 g/mol. The maximum absolute atomic E-state index is 12.2. The van der Waals surface area contributed by atoms with Crippen molar-refractivity contribution in [1.29, 1.82) is 5.26 Å². The lowest BCUT2D eigenvalue weighted by atomic mass is 9.94. The third kappa shape index (κ3) is 3.25. The standard InChI is InChI=1S/C20H18N2O3/c1-13-11-16(17(12-21)20(23)22-13)19-15-6-4-3-5-14(15)7-8-18(19)25-10-9-24-2/h3-8,11H,9-10H2,1-2H3,(H,22,23). The second-order valence-electron chi connectivity index (χ2n) is 5.68. The lowest BCUT2D eigenvalue weighted by Gasteiger charge is -2.15. The van der Waals surface area contributed by atoms with E-state index < -0.39 is 5.56 Å². The zero-order valence-electron chi connectivity index (χ0n) is 14.1. The summed E-state index contributed by atoms with van der Waals surface area (Å²) in [6.07, 6.45) is 0. The first-order valence-corrected chi connectivity index (χ1v) is 7.93. The summed E-state index contributed by atoms with van der Waals surface area (Å²) in [4.78, 5) is 14.9. The van der Waals surface area contributed by atoms with Crippen molar-refractivity contribution in [2.45, 2.75) is 6.92 Å². The normalized spacial score (nSPS) is 10.6. The number of aryl methyl sites for hydroxylation is 1. The molecule has 25 heavy (non-hydrogen) atoms. The minimum absolute atomic E-state index is 0.0820. The van der Waals surface area contributed by atoms with Crippen LogP contribution in [0, 0.1) is 18.3 Å². The molecule has 1 aromatic heterocycles. The van der Waals surface area contributed by atoms with Crippen LogP contribution in [0.5, 0.6) is 5.75 Å². The van der Waals surface area contributed by atoms with Crippen molar-refractivity contribution in [3.05, 3.63) is 64.1 Å². The van der Waals surface area contributed by atoms with E-state index in [9.17, 15) is 10.1 Å². The fourth-order valence-electron chi connectivity index (χ4n) is 2.88. The number of methoxy groups -OCH3 is 1. The Morgan fingerprint density at radius 3 is 2.72 bits per heavy atom. The molecule has 2 aromatic carbocycles. The van der Waals surface area contributed by atoms with Gasteiger partial charge in [0.1, 0.15) is 24.0 Å². The van der Waals surface area contributed by atoms with Gasteiger partial charge in [0.15, 0.2) is 0 Å². The maximum Gasteiger partial charge on any atom is 0.266 e. The van der Waals surface area contributed by atoms with E-state index in [2.05, 4.69) is 4.98 Å². The number of hydrogen-bond acceptors (Lipinski definition) is 4. The van der Waals surface area contributed by atoms with Gasteiger partial charge in [0.05, 0.1) is 6.61 Å². The highest BCUT2D eigenvalue weighted by molar-refractivity contribution is 6.00. The summed E-state index contributed by atoms with van der Waals surface area (Å²) >= 11 is 0. The monoisotopic (exact) mass is 334 g/mol. The van der Waals surface area contributed by atoms with E-state index in [4.69, 9.17) is 9.47 Å². The third-order valence-electron chi connectivity index (χ3n) is 3.98. The molecule has 1 heterocycles. The van der Waals surface area contributed by atoms with E-state index in [1.165, 1.54) is 0 Å². The van der Waals surface area contributed by atoms with Crippen LogP contribution in [0.3, 0.4) is 0 Å². The van der Waals surface area contributed by atoms with Crippen LogP contribution in [0.1, 0.15) is 11.3 Å². The molecule has 0 amide bonds. The summed E-state index contributed by atoms with van der Waals surface area (Å²) in [5, 5.41) is 11.4. The molecule has 5 nitrogen and oxygen atoms in total. The van der Waals surface area contributed by atoms with Crippen LogP contribution in [-0.4, -0.2) is 25.3 Å². The van der Waals surface area contributed by atoms with E-state index in [0.717, 1.165) is 16.3 Å². The van der Waals surface area contributed by atoms with Gasteiger partial charge in [-0.2, -0.15) is 5.26 Å². The number of nitrogens with one attached hydrogen (secondary N) is 1. The van der Waals surface area contributed by atoms with Gasteiger partial charge < -0.3 is 14.5 Å². The van der Waals surface area contributed by atoms with Crippen LogP contribution in [0.25, 0.3) is 21.9 Å². The molecule has 126 valence electrons. The molecule has 5 heteroatoms. The maximum atomic E-state index is 12.2. The van der Waals surface area contributed by atoms with Crippen LogP contribution in [0.4, 0.5) is 0 Å². The quantitative estimate of drug-likeness (QED) is 0.726. The molecule has 0 aliphatic carbocycles. The van der Waals surface area contributed by atoms with Crippen LogP contribution < -0.4 is 10.3 Å². The van der Waals surface area contributed by atoms with E-state index in [0.29, 0.717) is 30.2 Å². The Bertz CT molecular complexity index is 1020.